The second-order valence-electron chi connectivity index (χ2n) is 15.4. The van der Waals surface area contributed by atoms with E-state index in [0.29, 0.717) is 5.84 Å². The van der Waals surface area contributed by atoms with Gasteiger partial charge in [-0.05, 0) is 62.7 Å². The second-order valence-corrected chi connectivity index (χ2v) is 15.4. The second kappa shape index (κ2) is 15.6. The molecule has 8 aromatic carbocycles. The summed E-state index contributed by atoms with van der Waals surface area (Å²) in [6.45, 7) is 0. The molecule has 1 aromatic heterocycles. The lowest BCUT2D eigenvalue weighted by molar-refractivity contribution is 0.661. The first-order valence-corrected chi connectivity index (χ1v) is 20.8. The molecule has 61 heavy (non-hydrogen) atoms. The van der Waals surface area contributed by atoms with Crippen molar-refractivity contribution in [3.05, 3.63) is 263 Å². The van der Waals surface area contributed by atoms with Gasteiger partial charge in [-0.2, -0.15) is 4.99 Å². The molecule has 5 heteroatoms. The van der Waals surface area contributed by atoms with Crippen LogP contribution in [0.1, 0.15) is 51.2 Å². The van der Waals surface area contributed by atoms with Crippen molar-refractivity contribution in [3.63, 3.8) is 0 Å². The number of aromatic nitrogens is 1. The molecule has 0 saturated heterocycles. The first-order chi connectivity index (χ1) is 30.3. The molecule has 0 saturated carbocycles. The summed E-state index contributed by atoms with van der Waals surface area (Å²) in [5.74, 6) is 1.39. The number of rotatable bonds is 7. The van der Waals surface area contributed by atoms with Crippen molar-refractivity contribution in [3.8, 4) is 0 Å². The van der Waals surface area contributed by atoms with Crippen LogP contribution in [0.3, 0.4) is 0 Å². The summed E-state index contributed by atoms with van der Waals surface area (Å²) in [7, 11) is 0. The van der Waals surface area contributed by atoms with Crippen LogP contribution in [0.25, 0.3) is 44.2 Å². The number of nitrogens with one attached hydrogen (secondary N) is 2. The van der Waals surface area contributed by atoms with Gasteiger partial charge in [0.1, 0.15) is 6.17 Å². The maximum atomic E-state index is 5.41. The summed E-state index contributed by atoms with van der Waals surface area (Å²) in [5, 5.41) is 10.2. The molecule has 0 fully saturated rings. The molecule has 5 nitrogen and oxygen atoms in total. The zero-order valence-electron chi connectivity index (χ0n) is 33.4. The van der Waals surface area contributed by atoms with Crippen LogP contribution in [-0.4, -0.2) is 16.4 Å². The Morgan fingerprint density at radius 2 is 0.885 bits per heavy atom. The number of amidine groups is 1. The van der Waals surface area contributed by atoms with E-state index in [2.05, 4.69) is 234 Å². The predicted molar refractivity (Wildman–Crippen MR) is 253 cm³/mol. The molecule has 3 heterocycles. The van der Waals surface area contributed by atoms with Crippen molar-refractivity contribution >= 4 is 56.0 Å². The van der Waals surface area contributed by atoms with Gasteiger partial charge in [0.05, 0.1) is 22.8 Å². The third kappa shape index (κ3) is 6.63. The normalized spacial score (nSPS) is 16.5. The Hall–Kier alpha value is -8.02. The smallest absolute Gasteiger partial charge is 0.211 e. The number of allylic oxidation sites excluding steroid dienone is 2. The van der Waals surface area contributed by atoms with E-state index < -0.39 is 0 Å². The van der Waals surface area contributed by atoms with E-state index in [0.717, 1.165) is 67.2 Å². The first-order valence-electron chi connectivity index (χ1n) is 20.8. The highest BCUT2D eigenvalue weighted by molar-refractivity contribution is 6.24. The van der Waals surface area contributed by atoms with Crippen LogP contribution in [0.15, 0.2) is 234 Å². The number of aliphatic imine (C=N–C) groups is 2. The number of fused-ring (bicyclic) bond motifs is 3. The third-order valence-corrected chi connectivity index (χ3v) is 11.7. The molecule has 0 aliphatic carbocycles. The Labute approximate surface area is 355 Å². The maximum Gasteiger partial charge on any atom is 0.211 e. The Bertz CT molecular complexity index is 3110. The zero-order valence-corrected chi connectivity index (χ0v) is 33.4. The molecule has 2 unspecified atom stereocenters. The van der Waals surface area contributed by atoms with Crippen molar-refractivity contribution in [2.45, 2.75) is 12.2 Å². The van der Waals surface area contributed by atoms with Gasteiger partial charge in [-0.25, -0.2) is 4.99 Å². The quantitative estimate of drug-likeness (QED) is 0.169. The fraction of sp³-hybridized carbons (Fsp3) is 0.0357. The van der Waals surface area contributed by atoms with Gasteiger partial charge >= 0.3 is 0 Å². The molecule has 0 bridgehead atoms. The minimum atomic E-state index is -0.364. The average Bonchev–Trinajstić information content (AvgIpc) is 3.69. The summed E-state index contributed by atoms with van der Waals surface area (Å²) >= 11 is 0. The average molecular weight is 784 g/mol. The van der Waals surface area contributed by atoms with Crippen LogP contribution in [0.5, 0.6) is 0 Å². The monoisotopic (exact) mass is 783 g/mol. The van der Waals surface area contributed by atoms with Crippen molar-refractivity contribution in [2.24, 2.45) is 9.98 Å². The summed E-state index contributed by atoms with van der Waals surface area (Å²) < 4.78 is 2.24. The van der Waals surface area contributed by atoms with Gasteiger partial charge in [0.15, 0.2) is 5.84 Å². The van der Waals surface area contributed by atoms with Crippen LogP contribution in [-0.2, 0) is 0 Å². The van der Waals surface area contributed by atoms with E-state index in [4.69, 9.17) is 9.98 Å². The summed E-state index contributed by atoms with van der Waals surface area (Å²) in [4.78, 5) is 10.8. The van der Waals surface area contributed by atoms with Crippen LogP contribution in [0.4, 0.5) is 0 Å². The Morgan fingerprint density at radius 1 is 0.393 bits per heavy atom. The van der Waals surface area contributed by atoms with Crippen molar-refractivity contribution < 1.29 is 0 Å². The molecular formula is C56H41N5. The number of para-hydroxylation sites is 2. The molecule has 2 aliphatic rings. The predicted octanol–water partition coefficient (Wildman–Crippen LogP) is 12.6. The molecule has 2 aliphatic heterocycles. The van der Waals surface area contributed by atoms with Gasteiger partial charge < -0.3 is 10.6 Å². The van der Waals surface area contributed by atoms with Gasteiger partial charge in [-0.15, -0.1) is 0 Å². The maximum absolute atomic E-state index is 5.41. The highest BCUT2D eigenvalue weighted by atomic mass is 15.3. The largest absolute Gasteiger partial charge is 0.373 e. The van der Waals surface area contributed by atoms with E-state index >= 15 is 0 Å². The zero-order chi connectivity index (χ0) is 40.5. The van der Waals surface area contributed by atoms with E-state index in [1.807, 2.05) is 6.07 Å². The van der Waals surface area contributed by atoms with Crippen LogP contribution in [0.2, 0.25) is 0 Å². The van der Waals surface area contributed by atoms with Crippen LogP contribution < -0.4 is 10.6 Å². The van der Waals surface area contributed by atoms with Crippen molar-refractivity contribution in [2.75, 3.05) is 0 Å². The number of hydrogen-bond donors (Lipinski definition) is 2. The van der Waals surface area contributed by atoms with E-state index in [1.165, 1.54) is 21.9 Å². The number of hydrogen-bond acceptors (Lipinski definition) is 4. The lowest BCUT2D eigenvalue weighted by atomic mass is 9.77. The molecular weight excluding hydrogens is 743 g/mol. The molecule has 2 atom stereocenters. The third-order valence-electron chi connectivity index (χ3n) is 11.7. The fourth-order valence-electron chi connectivity index (χ4n) is 8.99. The summed E-state index contributed by atoms with van der Waals surface area (Å²) in [6, 6.07) is 79.3. The van der Waals surface area contributed by atoms with Gasteiger partial charge in [0, 0.05) is 21.9 Å². The number of dihydropyridines is 1. The minimum absolute atomic E-state index is 0.150. The Morgan fingerprint density at radius 3 is 1.51 bits per heavy atom. The minimum Gasteiger partial charge on any atom is -0.373 e. The number of nitrogens with zero attached hydrogens (tertiary/aromatic N) is 3. The highest BCUT2D eigenvalue weighted by Crippen LogP contribution is 2.50. The Kier molecular flexibility index (Phi) is 9.24. The fourth-order valence-corrected chi connectivity index (χ4v) is 8.99. The summed E-state index contributed by atoms with van der Waals surface area (Å²) in [5.41, 5.74) is 14.4. The van der Waals surface area contributed by atoms with Gasteiger partial charge in [0.2, 0.25) is 5.96 Å². The molecule has 0 amide bonds. The van der Waals surface area contributed by atoms with Gasteiger partial charge in [-0.3, -0.25) is 4.57 Å². The molecule has 11 rings (SSSR count). The van der Waals surface area contributed by atoms with E-state index in [1.54, 1.807) is 0 Å². The van der Waals surface area contributed by atoms with Crippen LogP contribution in [0, 0.1) is 0 Å². The summed E-state index contributed by atoms with van der Waals surface area (Å²) in [6.07, 6.45) is -0.364. The molecule has 0 spiro atoms. The topological polar surface area (TPSA) is 53.7 Å². The lowest BCUT2D eigenvalue weighted by Crippen LogP contribution is -2.37. The van der Waals surface area contributed by atoms with E-state index in [-0.39, 0.29) is 12.2 Å². The van der Waals surface area contributed by atoms with E-state index in [9.17, 15) is 0 Å². The SMILES string of the molecule is c1ccc(C2=C(c3ccccc3)C(c3cccc(C4=NC(c5ccccc5)NC(n5c6ccccc6c6ccccc65)=N4)c3)=C(c3ccccc3)C(c3ccccc3)N2)cc1. The van der Waals surface area contributed by atoms with Gasteiger partial charge in [0.25, 0.3) is 0 Å². The standard InChI is InChI=1S/C56H41N5/c1-6-21-38(22-7-1)50-49(51(39-23-8-2-9-24-39)53(41-27-12-4-13-28-41)57-52(50)40-25-10-3-11-26-40)43-31-20-32-44(37-43)55-58-54(42-29-14-5-15-30-42)59-56(60-55)61-47-35-18-16-33-45(47)46-34-17-19-36-48(46)61/h1-37,52,54,57H,(H,58,59,60). The molecule has 9 aromatic rings. The van der Waals surface area contributed by atoms with Gasteiger partial charge in [-0.1, -0.05) is 206 Å². The molecule has 2 N–H and O–H groups in total. The molecule has 290 valence electrons. The van der Waals surface area contributed by atoms with Crippen LogP contribution >= 0.6 is 0 Å². The lowest BCUT2D eigenvalue weighted by Gasteiger charge is -2.36. The van der Waals surface area contributed by atoms with Crippen molar-refractivity contribution in [1.82, 2.24) is 15.2 Å². The Balaban J connectivity index is 1.17. The number of benzene rings is 8. The highest BCUT2D eigenvalue weighted by Gasteiger charge is 2.33. The van der Waals surface area contributed by atoms with Crippen molar-refractivity contribution in [1.29, 1.82) is 0 Å². The first kappa shape index (κ1) is 36.1. The molecule has 0 radical (unpaired) electrons.